The number of benzene rings is 3. The molecule has 0 aliphatic carbocycles. The van der Waals surface area contributed by atoms with Gasteiger partial charge in [-0.2, -0.15) is 0 Å². The third-order valence-corrected chi connectivity index (χ3v) is 5.03. The van der Waals surface area contributed by atoms with Crippen molar-refractivity contribution in [2.75, 3.05) is 11.4 Å². The molecule has 4 rings (SSSR count). The number of carbonyl (C=O) groups is 2. The fourth-order valence-corrected chi connectivity index (χ4v) is 3.56. The second-order valence-electron chi connectivity index (χ2n) is 6.97. The van der Waals surface area contributed by atoms with Gasteiger partial charge in [-0.05, 0) is 18.6 Å². The Hall–Kier alpha value is -3.57. The third kappa shape index (κ3) is 3.60. The quantitative estimate of drug-likeness (QED) is 0.702. The molecule has 0 aromatic heterocycles. The Kier molecular flexibility index (Phi) is 5.06. The predicted molar refractivity (Wildman–Crippen MR) is 114 cm³/mol. The molecule has 0 radical (unpaired) electrons. The van der Waals surface area contributed by atoms with Gasteiger partial charge in [0.05, 0.1) is 17.9 Å². The number of ketones is 1. The Labute approximate surface area is 169 Å². The number of anilines is 1. The Morgan fingerprint density at radius 3 is 2.38 bits per heavy atom. The van der Waals surface area contributed by atoms with Crippen molar-refractivity contribution in [3.63, 3.8) is 0 Å². The first-order valence-corrected chi connectivity index (χ1v) is 9.44. The van der Waals surface area contributed by atoms with Gasteiger partial charge in [0, 0.05) is 16.7 Å². The average Bonchev–Trinajstić information content (AvgIpc) is 2.85. The lowest BCUT2D eigenvalue weighted by molar-refractivity contribution is -0.119. The SMILES string of the molecule is Cc1ccccc1C(=O)CN1C(=O)[C@@H](N)N=C(c2ccccc2)c2ccccc21. The molecule has 1 amide bonds. The minimum Gasteiger partial charge on any atom is -0.302 e. The van der Waals surface area contributed by atoms with E-state index in [1.165, 1.54) is 4.90 Å². The molecule has 0 saturated heterocycles. The van der Waals surface area contributed by atoms with Crippen molar-refractivity contribution in [1.82, 2.24) is 0 Å². The molecule has 3 aromatic carbocycles. The summed E-state index contributed by atoms with van der Waals surface area (Å²) in [5.74, 6) is -0.535. The standard InChI is InChI=1S/C24H21N3O2/c1-16-9-5-6-12-18(16)21(28)15-27-20-14-8-7-13-19(20)22(26-23(25)24(27)29)17-10-3-2-4-11-17/h2-14,23H,15,25H2,1H3/t23-/m0/s1. The number of hydrogen-bond acceptors (Lipinski definition) is 4. The van der Waals surface area contributed by atoms with Crippen LogP contribution in [0, 0.1) is 6.92 Å². The average molecular weight is 383 g/mol. The lowest BCUT2D eigenvalue weighted by Gasteiger charge is -2.24. The fraction of sp³-hybridized carbons (Fsp3) is 0.125. The summed E-state index contributed by atoms with van der Waals surface area (Å²) in [7, 11) is 0. The molecule has 1 aliphatic heterocycles. The number of fused-ring (bicyclic) bond motifs is 1. The van der Waals surface area contributed by atoms with E-state index in [2.05, 4.69) is 4.99 Å². The zero-order chi connectivity index (χ0) is 20.4. The zero-order valence-corrected chi connectivity index (χ0v) is 16.1. The van der Waals surface area contributed by atoms with Crippen LogP contribution in [-0.2, 0) is 4.79 Å². The Morgan fingerprint density at radius 1 is 0.966 bits per heavy atom. The summed E-state index contributed by atoms with van der Waals surface area (Å²) < 4.78 is 0. The van der Waals surface area contributed by atoms with Crippen LogP contribution >= 0.6 is 0 Å². The Morgan fingerprint density at radius 2 is 1.62 bits per heavy atom. The number of nitrogens with two attached hydrogens (primary N) is 1. The van der Waals surface area contributed by atoms with E-state index in [1.54, 1.807) is 6.07 Å². The summed E-state index contributed by atoms with van der Waals surface area (Å²) in [4.78, 5) is 32.0. The van der Waals surface area contributed by atoms with Crippen molar-refractivity contribution in [2.45, 2.75) is 13.1 Å². The first-order valence-electron chi connectivity index (χ1n) is 9.44. The number of aryl methyl sites for hydroxylation is 1. The molecular weight excluding hydrogens is 362 g/mol. The normalized spacial score (nSPS) is 16.1. The van der Waals surface area contributed by atoms with Gasteiger partial charge in [0.15, 0.2) is 11.9 Å². The number of aliphatic imine (C=N–C) groups is 1. The summed E-state index contributed by atoms with van der Waals surface area (Å²) in [6.07, 6.45) is -1.08. The summed E-state index contributed by atoms with van der Waals surface area (Å²) in [6.45, 7) is 1.79. The van der Waals surface area contributed by atoms with Crippen molar-refractivity contribution in [1.29, 1.82) is 0 Å². The predicted octanol–water partition coefficient (Wildman–Crippen LogP) is 3.35. The number of benzodiazepines with no additional fused rings is 1. The van der Waals surface area contributed by atoms with E-state index in [0.29, 0.717) is 17.0 Å². The van der Waals surface area contributed by atoms with Crippen LogP contribution in [0.3, 0.4) is 0 Å². The van der Waals surface area contributed by atoms with E-state index in [-0.39, 0.29) is 12.3 Å². The lowest BCUT2D eigenvalue weighted by Crippen LogP contribution is -2.44. The van der Waals surface area contributed by atoms with Crippen LogP contribution in [0.15, 0.2) is 83.9 Å². The molecule has 1 heterocycles. The number of Topliss-reactive ketones (excluding diaryl/α,β-unsaturated/α-hetero) is 1. The number of rotatable bonds is 4. The van der Waals surface area contributed by atoms with E-state index in [0.717, 1.165) is 16.7 Å². The Balaban J connectivity index is 1.78. The molecule has 0 bridgehead atoms. The van der Waals surface area contributed by atoms with Gasteiger partial charge < -0.3 is 10.6 Å². The number of para-hydroxylation sites is 1. The maximum atomic E-state index is 13.1. The van der Waals surface area contributed by atoms with Gasteiger partial charge in [0.2, 0.25) is 0 Å². The molecular formula is C24H21N3O2. The van der Waals surface area contributed by atoms with Crippen LogP contribution < -0.4 is 10.6 Å². The van der Waals surface area contributed by atoms with Crippen molar-refractivity contribution in [2.24, 2.45) is 10.7 Å². The van der Waals surface area contributed by atoms with Gasteiger partial charge in [0.25, 0.3) is 5.91 Å². The first kappa shape index (κ1) is 18.8. The molecule has 1 aliphatic rings. The summed E-state index contributed by atoms with van der Waals surface area (Å²) in [6, 6.07) is 24.4. The molecule has 5 nitrogen and oxygen atoms in total. The largest absolute Gasteiger partial charge is 0.302 e. The molecule has 29 heavy (non-hydrogen) atoms. The highest BCUT2D eigenvalue weighted by Crippen LogP contribution is 2.28. The highest BCUT2D eigenvalue weighted by Gasteiger charge is 2.31. The smallest absolute Gasteiger partial charge is 0.266 e. The second kappa shape index (κ2) is 7.81. The molecule has 0 fully saturated rings. The van der Waals surface area contributed by atoms with Crippen molar-refractivity contribution in [3.05, 3.63) is 101 Å². The molecule has 0 spiro atoms. The zero-order valence-electron chi connectivity index (χ0n) is 16.1. The first-order chi connectivity index (χ1) is 14.1. The van der Waals surface area contributed by atoms with E-state index < -0.39 is 12.1 Å². The van der Waals surface area contributed by atoms with Crippen molar-refractivity contribution < 1.29 is 9.59 Å². The van der Waals surface area contributed by atoms with E-state index in [1.807, 2.05) is 79.7 Å². The maximum absolute atomic E-state index is 13.1. The fourth-order valence-electron chi connectivity index (χ4n) is 3.56. The van der Waals surface area contributed by atoms with E-state index in [9.17, 15) is 9.59 Å². The number of carbonyl (C=O) groups excluding carboxylic acids is 2. The summed E-state index contributed by atoms with van der Waals surface area (Å²) in [5, 5.41) is 0. The molecule has 0 saturated carbocycles. The van der Waals surface area contributed by atoms with Crippen molar-refractivity contribution >= 4 is 23.1 Å². The van der Waals surface area contributed by atoms with Gasteiger partial charge >= 0.3 is 0 Å². The van der Waals surface area contributed by atoms with Gasteiger partial charge in [0.1, 0.15) is 0 Å². The van der Waals surface area contributed by atoms with Gasteiger partial charge in [-0.1, -0.05) is 72.8 Å². The molecule has 5 heteroatoms. The number of nitrogens with zero attached hydrogens (tertiary/aromatic N) is 2. The minimum atomic E-state index is -1.08. The molecule has 0 unspecified atom stereocenters. The van der Waals surface area contributed by atoms with Gasteiger partial charge in [-0.25, -0.2) is 0 Å². The van der Waals surface area contributed by atoms with Gasteiger partial charge in [-0.15, -0.1) is 0 Å². The van der Waals surface area contributed by atoms with Crippen LogP contribution in [0.4, 0.5) is 5.69 Å². The van der Waals surface area contributed by atoms with Crippen molar-refractivity contribution in [3.8, 4) is 0 Å². The second-order valence-corrected chi connectivity index (χ2v) is 6.97. The topological polar surface area (TPSA) is 75.8 Å². The third-order valence-electron chi connectivity index (χ3n) is 5.03. The molecule has 144 valence electrons. The molecule has 2 N–H and O–H groups in total. The number of amides is 1. The van der Waals surface area contributed by atoms with E-state index in [4.69, 9.17) is 5.73 Å². The van der Waals surface area contributed by atoms with Crippen LogP contribution in [0.5, 0.6) is 0 Å². The molecule has 3 aromatic rings. The summed E-state index contributed by atoms with van der Waals surface area (Å²) in [5.41, 5.74) is 10.5. The summed E-state index contributed by atoms with van der Waals surface area (Å²) >= 11 is 0. The monoisotopic (exact) mass is 383 g/mol. The lowest BCUT2D eigenvalue weighted by atomic mass is 9.99. The van der Waals surface area contributed by atoms with Crippen LogP contribution in [0.25, 0.3) is 0 Å². The van der Waals surface area contributed by atoms with Crippen LogP contribution in [-0.4, -0.2) is 30.1 Å². The minimum absolute atomic E-state index is 0.0913. The van der Waals surface area contributed by atoms with Crippen LogP contribution in [0.1, 0.15) is 27.0 Å². The highest BCUT2D eigenvalue weighted by atomic mass is 16.2. The maximum Gasteiger partial charge on any atom is 0.266 e. The number of hydrogen-bond donors (Lipinski definition) is 1. The Bertz CT molecular complexity index is 1110. The highest BCUT2D eigenvalue weighted by molar-refractivity contribution is 6.21. The van der Waals surface area contributed by atoms with Crippen LogP contribution in [0.2, 0.25) is 0 Å². The molecule has 1 atom stereocenters. The van der Waals surface area contributed by atoms with E-state index >= 15 is 0 Å². The van der Waals surface area contributed by atoms with Gasteiger partial charge in [-0.3, -0.25) is 14.6 Å².